The topological polar surface area (TPSA) is 75.1 Å². The molecule has 3 rings (SSSR count). The van der Waals surface area contributed by atoms with Gasteiger partial charge in [0.05, 0.1) is 5.56 Å². The van der Waals surface area contributed by atoms with Crippen LogP contribution in [0.5, 0.6) is 5.88 Å². The van der Waals surface area contributed by atoms with Gasteiger partial charge in [0.2, 0.25) is 5.88 Å². The maximum Gasteiger partial charge on any atom is 0.331 e. The molecule has 5 heteroatoms. The van der Waals surface area contributed by atoms with Gasteiger partial charge in [-0.25, -0.2) is 4.79 Å². The minimum atomic E-state index is -0.459. The highest BCUT2D eigenvalue weighted by molar-refractivity contribution is 5.28. The third-order valence-electron chi connectivity index (χ3n) is 4.86. The Bertz CT molecular complexity index is 590. The number of aromatic amines is 1. The van der Waals surface area contributed by atoms with E-state index in [4.69, 9.17) is 0 Å². The molecule has 20 heavy (non-hydrogen) atoms. The van der Waals surface area contributed by atoms with Crippen molar-refractivity contribution in [2.45, 2.75) is 69.7 Å². The van der Waals surface area contributed by atoms with E-state index in [1.54, 1.807) is 0 Å². The van der Waals surface area contributed by atoms with E-state index >= 15 is 0 Å². The lowest BCUT2D eigenvalue weighted by molar-refractivity contribution is 0.341. The van der Waals surface area contributed by atoms with Crippen molar-refractivity contribution < 1.29 is 5.11 Å². The number of nitrogens with one attached hydrogen (secondary N) is 1. The van der Waals surface area contributed by atoms with Crippen LogP contribution in [0.4, 0.5) is 0 Å². The normalized spacial score (nSPS) is 21.4. The van der Waals surface area contributed by atoms with Gasteiger partial charge >= 0.3 is 5.69 Å². The molecule has 2 aliphatic rings. The van der Waals surface area contributed by atoms with Crippen molar-refractivity contribution in [1.29, 1.82) is 0 Å². The lowest BCUT2D eigenvalue weighted by Crippen LogP contribution is -2.35. The Morgan fingerprint density at radius 1 is 0.950 bits per heavy atom. The lowest BCUT2D eigenvalue weighted by Gasteiger charge is -2.24. The highest BCUT2D eigenvalue weighted by Gasteiger charge is 2.28. The fourth-order valence-corrected chi connectivity index (χ4v) is 3.81. The molecule has 0 atom stereocenters. The molecule has 2 saturated carbocycles. The molecule has 0 aliphatic heterocycles. The monoisotopic (exact) mass is 278 g/mol. The van der Waals surface area contributed by atoms with Crippen molar-refractivity contribution in [3.8, 4) is 5.88 Å². The first kappa shape index (κ1) is 13.5. The Labute approximate surface area is 117 Å². The van der Waals surface area contributed by atoms with E-state index in [9.17, 15) is 14.7 Å². The van der Waals surface area contributed by atoms with Gasteiger partial charge in [0.1, 0.15) is 0 Å². The van der Waals surface area contributed by atoms with Crippen LogP contribution < -0.4 is 11.2 Å². The Balaban J connectivity index is 2.07. The van der Waals surface area contributed by atoms with Gasteiger partial charge in [-0.1, -0.05) is 32.1 Å². The molecule has 0 radical (unpaired) electrons. The zero-order valence-electron chi connectivity index (χ0n) is 11.7. The molecule has 0 unspecified atom stereocenters. The molecule has 1 aromatic rings. The van der Waals surface area contributed by atoms with Gasteiger partial charge < -0.3 is 5.11 Å². The molecular formula is C15H22N2O3. The van der Waals surface area contributed by atoms with Gasteiger partial charge in [-0.15, -0.1) is 0 Å². The Kier molecular flexibility index (Phi) is 3.68. The first-order chi connectivity index (χ1) is 9.68. The summed E-state index contributed by atoms with van der Waals surface area (Å²) < 4.78 is 1.43. The Morgan fingerprint density at radius 2 is 1.55 bits per heavy atom. The molecule has 2 N–H and O–H groups in total. The summed E-state index contributed by atoms with van der Waals surface area (Å²) in [6.45, 7) is 0. The maximum atomic E-state index is 12.1. The predicted octanol–water partition coefficient (Wildman–Crippen LogP) is 2.41. The Morgan fingerprint density at radius 3 is 2.20 bits per heavy atom. The van der Waals surface area contributed by atoms with E-state index in [-0.39, 0.29) is 17.8 Å². The predicted molar refractivity (Wildman–Crippen MR) is 76.3 cm³/mol. The van der Waals surface area contributed by atoms with E-state index in [1.807, 2.05) is 0 Å². The molecule has 5 nitrogen and oxygen atoms in total. The molecule has 1 heterocycles. The first-order valence-corrected chi connectivity index (χ1v) is 7.76. The van der Waals surface area contributed by atoms with E-state index < -0.39 is 11.2 Å². The highest BCUT2D eigenvalue weighted by atomic mass is 16.3. The summed E-state index contributed by atoms with van der Waals surface area (Å²) in [5, 5.41) is 10.5. The molecule has 0 saturated heterocycles. The second kappa shape index (κ2) is 5.46. The van der Waals surface area contributed by atoms with E-state index in [1.165, 1.54) is 11.0 Å². The number of aromatic hydroxyl groups is 1. The van der Waals surface area contributed by atoms with Gasteiger partial charge in [-0.3, -0.25) is 14.3 Å². The fraction of sp³-hybridized carbons (Fsp3) is 0.733. The summed E-state index contributed by atoms with van der Waals surface area (Å²) >= 11 is 0. The molecule has 2 aliphatic carbocycles. The molecule has 0 bridgehead atoms. The summed E-state index contributed by atoms with van der Waals surface area (Å²) in [4.78, 5) is 26.5. The third-order valence-corrected chi connectivity index (χ3v) is 4.86. The van der Waals surface area contributed by atoms with Gasteiger partial charge in [-0.2, -0.15) is 0 Å². The largest absolute Gasteiger partial charge is 0.494 e. The van der Waals surface area contributed by atoms with Gasteiger partial charge in [-0.05, 0) is 31.6 Å². The number of H-pyrrole nitrogens is 1. The van der Waals surface area contributed by atoms with E-state index in [2.05, 4.69) is 4.98 Å². The fourth-order valence-electron chi connectivity index (χ4n) is 3.81. The van der Waals surface area contributed by atoms with Crippen LogP contribution in [0.25, 0.3) is 0 Å². The van der Waals surface area contributed by atoms with Crippen LogP contribution in [0.15, 0.2) is 9.59 Å². The molecular weight excluding hydrogens is 256 g/mol. The second-order valence-electron chi connectivity index (χ2n) is 6.14. The van der Waals surface area contributed by atoms with Gasteiger partial charge in [0, 0.05) is 6.04 Å². The minimum absolute atomic E-state index is 0.0432. The van der Waals surface area contributed by atoms with Crippen LogP contribution in [-0.4, -0.2) is 14.7 Å². The Hall–Kier alpha value is -1.52. The average molecular weight is 278 g/mol. The van der Waals surface area contributed by atoms with Crippen molar-refractivity contribution >= 4 is 0 Å². The molecule has 0 spiro atoms. The third kappa shape index (κ3) is 2.30. The van der Waals surface area contributed by atoms with Crippen LogP contribution >= 0.6 is 0 Å². The lowest BCUT2D eigenvalue weighted by atomic mass is 9.85. The maximum absolute atomic E-state index is 12.1. The molecule has 0 amide bonds. The number of aromatic nitrogens is 2. The van der Waals surface area contributed by atoms with Crippen molar-refractivity contribution in [1.82, 2.24) is 9.55 Å². The highest BCUT2D eigenvalue weighted by Crippen LogP contribution is 2.37. The number of nitrogens with zero attached hydrogens (tertiary/aromatic N) is 1. The summed E-state index contributed by atoms with van der Waals surface area (Å²) in [6, 6.07) is 0.0432. The number of hydrogen-bond acceptors (Lipinski definition) is 3. The smallest absolute Gasteiger partial charge is 0.331 e. The van der Waals surface area contributed by atoms with Crippen molar-refractivity contribution in [2.24, 2.45) is 0 Å². The minimum Gasteiger partial charge on any atom is -0.494 e. The summed E-state index contributed by atoms with van der Waals surface area (Å²) in [7, 11) is 0. The van der Waals surface area contributed by atoms with E-state index in [0.29, 0.717) is 5.56 Å². The molecule has 110 valence electrons. The van der Waals surface area contributed by atoms with Gasteiger partial charge in [0.25, 0.3) is 5.56 Å². The zero-order chi connectivity index (χ0) is 14.1. The van der Waals surface area contributed by atoms with Crippen LogP contribution in [-0.2, 0) is 0 Å². The second-order valence-corrected chi connectivity index (χ2v) is 6.14. The summed E-state index contributed by atoms with van der Waals surface area (Å²) in [5.74, 6) is 0.0262. The SMILES string of the molecule is O=c1[nH]c(=O)n(C2CCCC2)c(O)c1C1CCCCC1. The van der Waals surface area contributed by atoms with Crippen molar-refractivity contribution in [3.05, 3.63) is 26.4 Å². The molecule has 0 aromatic carbocycles. The zero-order valence-corrected chi connectivity index (χ0v) is 11.7. The number of rotatable bonds is 2. The average Bonchev–Trinajstić information content (AvgIpc) is 2.93. The summed E-state index contributed by atoms with van der Waals surface area (Å²) in [6.07, 6.45) is 9.20. The quantitative estimate of drug-likeness (QED) is 0.872. The first-order valence-electron chi connectivity index (χ1n) is 7.76. The van der Waals surface area contributed by atoms with Crippen LogP contribution in [0.2, 0.25) is 0 Å². The van der Waals surface area contributed by atoms with Crippen LogP contribution in [0.3, 0.4) is 0 Å². The van der Waals surface area contributed by atoms with Crippen molar-refractivity contribution in [2.75, 3.05) is 0 Å². The number of hydrogen-bond donors (Lipinski definition) is 2. The standard InChI is InChI=1S/C15H22N2O3/c18-13-12(10-6-2-1-3-7-10)14(19)17(15(20)16-13)11-8-4-5-9-11/h10-11,19H,1-9H2,(H,16,18,20). The van der Waals surface area contributed by atoms with Crippen LogP contribution in [0, 0.1) is 0 Å². The molecule has 1 aromatic heterocycles. The van der Waals surface area contributed by atoms with Gasteiger partial charge in [0.15, 0.2) is 0 Å². The van der Waals surface area contributed by atoms with Crippen LogP contribution in [0.1, 0.15) is 75.3 Å². The summed E-state index contributed by atoms with van der Waals surface area (Å²) in [5.41, 5.74) is -0.413. The van der Waals surface area contributed by atoms with Crippen molar-refractivity contribution in [3.63, 3.8) is 0 Å². The molecule has 2 fully saturated rings. The van der Waals surface area contributed by atoms with E-state index in [0.717, 1.165) is 51.4 Å².